The van der Waals surface area contributed by atoms with Crippen molar-refractivity contribution in [2.45, 2.75) is 38.1 Å². The first-order chi connectivity index (χ1) is 16.2. The number of fused-ring (bicyclic) bond motifs is 1. The highest BCUT2D eigenvalue weighted by Crippen LogP contribution is 2.33. The van der Waals surface area contributed by atoms with E-state index in [0.717, 1.165) is 49.2 Å². The Hall–Kier alpha value is -3.80. The standard InChI is InChI=1S/C27H25N3O3/c31-18-20-11-12-22-17-23(14-13-21(22)16-20)27(32)30-15-5-9-24(30)26-28-25(29-33-26)10-4-8-19-6-2-1-3-7-19/h1-3,6-7,11-14,16-18,24H,4-5,8-10,15H2/t24-/m0/s1. The third-order valence-electron chi connectivity index (χ3n) is 6.24. The highest BCUT2D eigenvalue weighted by molar-refractivity contribution is 5.99. The summed E-state index contributed by atoms with van der Waals surface area (Å²) in [4.78, 5) is 30.8. The van der Waals surface area contributed by atoms with E-state index in [-0.39, 0.29) is 11.9 Å². The van der Waals surface area contributed by atoms with Gasteiger partial charge in [-0.3, -0.25) is 9.59 Å². The van der Waals surface area contributed by atoms with Gasteiger partial charge in [0, 0.05) is 24.1 Å². The Morgan fingerprint density at radius 2 is 1.85 bits per heavy atom. The molecule has 1 aromatic heterocycles. The van der Waals surface area contributed by atoms with E-state index in [4.69, 9.17) is 4.52 Å². The molecule has 4 aromatic rings. The Bertz CT molecular complexity index is 1280. The van der Waals surface area contributed by atoms with Gasteiger partial charge in [0.2, 0.25) is 5.89 Å². The molecule has 1 fully saturated rings. The molecule has 3 aromatic carbocycles. The van der Waals surface area contributed by atoms with Crippen molar-refractivity contribution in [1.82, 2.24) is 15.0 Å². The van der Waals surface area contributed by atoms with Crippen LogP contribution in [0.25, 0.3) is 10.8 Å². The highest BCUT2D eigenvalue weighted by atomic mass is 16.5. The van der Waals surface area contributed by atoms with Crippen molar-refractivity contribution in [3.05, 3.63) is 95.1 Å². The molecule has 166 valence electrons. The van der Waals surface area contributed by atoms with Crippen LogP contribution in [0.4, 0.5) is 0 Å². The minimum atomic E-state index is -0.194. The van der Waals surface area contributed by atoms with E-state index >= 15 is 0 Å². The van der Waals surface area contributed by atoms with Gasteiger partial charge in [-0.25, -0.2) is 0 Å². The highest BCUT2D eigenvalue weighted by Gasteiger charge is 2.34. The summed E-state index contributed by atoms with van der Waals surface area (Å²) in [5.41, 5.74) is 2.54. The van der Waals surface area contributed by atoms with Gasteiger partial charge in [0.1, 0.15) is 12.3 Å². The number of aromatic nitrogens is 2. The SMILES string of the molecule is O=Cc1ccc2cc(C(=O)N3CCC[C@H]3c3nc(CCCc4ccccc4)no3)ccc2c1. The van der Waals surface area contributed by atoms with Crippen molar-refractivity contribution in [1.29, 1.82) is 0 Å². The summed E-state index contributed by atoms with van der Waals surface area (Å²) in [5.74, 6) is 1.17. The third kappa shape index (κ3) is 4.55. The smallest absolute Gasteiger partial charge is 0.254 e. The van der Waals surface area contributed by atoms with Crippen LogP contribution in [0.1, 0.15) is 63.3 Å². The second-order valence-electron chi connectivity index (χ2n) is 8.48. The molecule has 1 atom stereocenters. The summed E-state index contributed by atoms with van der Waals surface area (Å²) in [6.45, 7) is 0.664. The van der Waals surface area contributed by atoms with Crippen molar-refractivity contribution in [2.24, 2.45) is 0 Å². The molecule has 6 heteroatoms. The second-order valence-corrected chi connectivity index (χ2v) is 8.48. The predicted octanol–water partition coefficient (Wildman–Crippen LogP) is 5.19. The van der Waals surface area contributed by atoms with Gasteiger partial charge in [-0.1, -0.05) is 53.7 Å². The maximum Gasteiger partial charge on any atom is 0.254 e. The molecule has 1 aliphatic rings. The topological polar surface area (TPSA) is 76.3 Å². The van der Waals surface area contributed by atoms with Crippen molar-refractivity contribution < 1.29 is 14.1 Å². The van der Waals surface area contributed by atoms with Gasteiger partial charge in [-0.05, 0) is 60.2 Å². The van der Waals surface area contributed by atoms with Crippen LogP contribution in [0.15, 0.2) is 71.3 Å². The van der Waals surface area contributed by atoms with Crippen LogP contribution in [0.3, 0.4) is 0 Å². The lowest BCUT2D eigenvalue weighted by Crippen LogP contribution is -2.30. The molecule has 5 rings (SSSR count). The zero-order valence-electron chi connectivity index (χ0n) is 18.3. The van der Waals surface area contributed by atoms with E-state index < -0.39 is 0 Å². The largest absolute Gasteiger partial charge is 0.337 e. The molecule has 0 spiro atoms. The Morgan fingerprint density at radius 1 is 1.03 bits per heavy atom. The lowest BCUT2D eigenvalue weighted by molar-refractivity contribution is 0.0710. The van der Waals surface area contributed by atoms with Gasteiger partial charge in [0.15, 0.2) is 5.82 Å². The zero-order chi connectivity index (χ0) is 22.6. The van der Waals surface area contributed by atoms with E-state index in [2.05, 4.69) is 22.3 Å². The van der Waals surface area contributed by atoms with Gasteiger partial charge in [-0.2, -0.15) is 4.98 Å². The number of nitrogens with zero attached hydrogens (tertiary/aromatic N) is 3. The fraction of sp³-hybridized carbons (Fsp3) is 0.259. The van der Waals surface area contributed by atoms with Crippen LogP contribution in [0, 0.1) is 0 Å². The molecule has 1 aliphatic heterocycles. The van der Waals surface area contributed by atoms with Crippen molar-refractivity contribution in [2.75, 3.05) is 6.54 Å². The molecule has 0 radical (unpaired) electrons. The van der Waals surface area contributed by atoms with Gasteiger partial charge in [0.05, 0.1) is 0 Å². The normalized spacial score (nSPS) is 15.8. The number of hydrogen-bond acceptors (Lipinski definition) is 5. The Morgan fingerprint density at radius 3 is 2.70 bits per heavy atom. The fourth-order valence-corrected chi connectivity index (χ4v) is 4.50. The number of amides is 1. The number of likely N-dealkylation sites (tertiary alicyclic amines) is 1. The maximum atomic E-state index is 13.3. The number of carbonyl (C=O) groups excluding carboxylic acids is 2. The third-order valence-corrected chi connectivity index (χ3v) is 6.24. The first-order valence-electron chi connectivity index (χ1n) is 11.4. The maximum absolute atomic E-state index is 13.3. The van der Waals surface area contributed by atoms with Gasteiger partial charge < -0.3 is 9.42 Å². The summed E-state index contributed by atoms with van der Waals surface area (Å²) in [6.07, 6.45) is 5.19. The lowest BCUT2D eigenvalue weighted by atomic mass is 10.0. The van der Waals surface area contributed by atoms with Crippen LogP contribution in [0.5, 0.6) is 0 Å². The van der Waals surface area contributed by atoms with E-state index in [9.17, 15) is 9.59 Å². The van der Waals surface area contributed by atoms with Crippen molar-refractivity contribution in [3.8, 4) is 0 Å². The summed E-state index contributed by atoms with van der Waals surface area (Å²) >= 11 is 0. The summed E-state index contributed by atoms with van der Waals surface area (Å²) in [6, 6.07) is 21.2. The minimum absolute atomic E-state index is 0.0392. The number of rotatable bonds is 7. The fourth-order valence-electron chi connectivity index (χ4n) is 4.50. The monoisotopic (exact) mass is 439 g/mol. The summed E-state index contributed by atoms with van der Waals surface area (Å²) in [5, 5.41) is 6.03. The number of carbonyl (C=O) groups is 2. The molecule has 1 saturated heterocycles. The van der Waals surface area contributed by atoms with E-state index in [1.54, 1.807) is 6.07 Å². The lowest BCUT2D eigenvalue weighted by Gasteiger charge is -2.22. The minimum Gasteiger partial charge on any atom is -0.337 e. The number of aldehydes is 1. The molecular formula is C27H25N3O3. The molecular weight excluding hydrogens is 414 g/mol. The predicted molar refractivity (Wildman–Crippen MR) is 125 cm³/mol. The first-order valence-corrected chi connectivity index (χ1v) is 11.4. The van der Waals surface area contributed by atoms with Crippen molar-refractivity contribution in [3.63, 3.8) is 0 Å². The Kier molecular flexibility index (Phi) is 5.98. The number of benzene rings is 3. The summed E-state index contributed by atoms with van der Waals surface area (Å²) < 4.78 is 5.58. The average Bonchev–Trinajstić information content (AvgIpc) is 3.53. The molecule has 0 aliphatic carbocycles. The molecule has 33 heavy (non-hydrogen) atoms. The van der Waals surface area contributed by atoms with E-state index in [1.807, 2.05) is 53.4 Å². The zero-order valence-corrected chi connectivity index (χ0v) is 18.3. The Balaban J connectivity index is 1.27. The van der Waals surface area contributed by atoms with E-state index in [1.165, 1.54) is 5.56 Å². The van der Waals surface area contributed by atoms with Crippen LogP contribution >= 0.6 is 0 Å². The van der Waals surface area contributed by atoms with Crippen LogP contribution in [0.2, 0.25) is 0 Å². The summed E-state index contributed by atoms with van der Waals surface area (Å²) in [7, 11) is 0. The number of aryl methyl sites for hydroxylation is 2. The van der Waals surface area contributed by atoms with Crippen LogP contribution < -0.4 is 0 Å². The van der Waals surface area contributed by atoms with E-state index in [0.29, 0.717) is 29.4 Å². The molecule has 6 nitrogen and oxygen atoms in total. The van der Waals surface area contributed by atoms with Crippen molar-refractivity contribution >= 4 is 23.0 Å². The number of hydrogen-bond donors (Lipinski definition) is 0. The van der Waals surface area contributed by atoms with Gasteiger partial charge in [0.25, 0.3) is 5.91 Å². The van der Waals surface area contributed by atoms with Gasteiger partial charge >= 0.3 is 0 Å². The molecule has 2 heterocycles. The molecule has 0 N–H and O–H groups in total. The van der Waals surface area contributed by atoms with Gasteiger partial charge in [-0.15, -0.1) is 0 Å². The molecule has 0 bridgehead atoms. The molecule has 0 unspecified atom stereocenters. The van der Waals surface area contributed by atoms with Crippen LogP contribution in [-0.2, 0) is 12.8 Å². The first kappa shape index (κ1) is 21.1. The van der Waals surface area contributed by atoms with Crippen LogP contribution in [-0.4, -0.2) is 33.8 Å². The second kappa shape index (κ2) is 9.36. The molecule has 1 amide bonds. The molecule has 0 saturated carbocycles. The quantitative estimate of drug-likeness (QED) is 0.371. The average molecular weight is 440 g/mol. The Labute approximate surface area is 192 Å².